The predicted molar refractivity (Wildman–Crippen MR) is 92.8 cm³/mol. The van der Waals surface area contributed by atoms with Crippen LogP contribution in [0.5, 0.6) is 0 Å². The van der Waals surface area contributed by atoms with Gasteiger partial charge in [0.25, 0.3) is 0 Å². The minimum Gasteiger partial charge on any atom is -0.211 e. The molecule has 1 nitrogen and oxygen atoms in total. The molecule has 0 spiro atoms. The number of fused-ring (bicyclic) bond motifs is 3. The van der Waals surface area contributed by atoms with Crippen LogP contribution in [0.3, 0.4) is 0 Å². The lowest BCUT2D eigenvalue weighted by Crippen LogP contribution is -2.06. The number of hydrogen-bond donors (Lipinski definition) is 0. The second kappa shape index (κ2) is 5.27. The second-order valence-electron chi connectivity index (χ2n) is 5.65. The molecule has 0 unspecified atom stereocenters. The third kappa shape index (κ3) is 2.06. The molecule has 22 heavy (non-hydrogen) atoms. The van der Waals surface area contributed by atoms with Gasteiger partial charge in [0.1, 0.15) is 0 Å². The van der Waals surface area contributed by atoms with Gasteiger partial charge in [0.15, 0.2) is 6.20 Å². The zero-order valence-corrected chi connectivity index (χ0v) is 12.6. The first-order valence-electron chi connectivity index (χ1n) is 7.78. The molecular formula is C21H18N+. The molecule has 0 aliphatic heterocycles. The van der Waals surface area contributed by atoms with Gasteiger partial charge in [-0.05, 0) is 41.0 Å². The highest BCUT2D eigenvalue weighted by Crippen LogP contribution is 2.30. The van der Waals surface area contributed by atoms with Gasteiger partial charge in [-0.2, -0.15) is 0 Å². The van der Waals surface area contributed by atoms with Crippen LogP contribution >= 0.6 is 0 Å². The van der Waals surface area contributed by atoms with E-state index in [1.54, 1.807) is 0 Å². The molecule has 0 atom stereocenters. The summed E-state index contributed by atoms with van der Waals surface area (Å²) in [5.74, 6) is 0. The molecule has 0 aliphatic carbocycles. The number of aromatic amines is 1. The van der Waals surface area contributed by atoms with Crippen LogP contribution in [0.25, 0.3) is 32.8 Å². The highest BCUT2D eigenvalue weighted by atomic mass is 14.7. The van der Waals surface area contributed by atoms with E-state index in [-0.39, 0.29) is 0 Å². The number of hydrogen-bond acceptors (Lipinski definition) is 0. The van der Waals surface area contributed by atoms with Gasteiger partial charge in [0.2, 0.25) is 5.69 Å². The molecule has 106 valence electrons. The van der Waals surface area contributed by atoms with Gasteiger partial charge in [-0.15, -0.1) is 0 Å². The molecule has 3 aromatic carbocycles. The van der Waals surface area contributed by atoms with E-state index in [4.69, 9.17) is 0 Å². The molecule has 0 saturated heterocycles. The first-order valence-corrected chi connectivity index (χ1v) is 7.78. The molecular weight excluding hydrogens is 266 g/mol. The van der Waals surface area contributed by atoms with Crippen molar-refractivity contribution >= 4 is 21.5 Å². The minimum absolute atomic E-state index is 1.07. The summed E-state index contributed by atoms with van der Waals surface area (Å²) in [5.41, 5.74) is 3.79. The van der Waals surface area contributed by atoms with Gasteiger partial charge in [0.05, 0.1) is 5.39 Å². The Morgan fingerprint density at radius 3 is 2.36 bits per heavy atom. The van der Waals surface area contributed by atoms with E-state index in [1.807, 2.05) is 6.20 Å². The number of benzene rings is 3. The first-order chi connectivity index (χ1) is 10.9. The summed E-state index contributed by atoms with van der Waals surface area (Å²) in [7, 11) is 0. The molecule has 4 aromatic rings. The van der Waals surface area contributed by atoms with Gasteiger partial charge in [-0.1, -0.05) is 49.4 Å². The maximum Gasteiger partial charge on any atom is 0.218 e. The van der Waals surface area contributed by atoms with Crippen LogP contribution < -0.4 is 4.98 Å². The largest absolute Gasteiger partial charge is 0.218 e. The monoisotopic (exact) mass is 284 g/mol. The summed E-state index contributed by atoms with van der Waals surface area (Å²) in [5, 5.41) is 5.16. The SMILES string of the molecule is CCc1ccc(-c2[nH+]ccc3c2ccc2ccccc23)cc1. The number of aryl methyl sites for hydroxylation is 1. The number of aromatic nitrogens is 1. The van der Waals surface area contributed by atoms with Crippen molar-refractivity contribution in [2.75, 3.05) is 0 Å². The number of nitrogens with one attached hydrogen (secondary N) is 1. The Morgan fingerprint density at radius 1 is 0.727 bits per heavy atom. The molecule has 0 saturated carbocycles. The van der Waals surface area contributed by atoms with Crippen molar-refractivity contribution in [3.63, 3.8) is 0 Å². The van der Waals surface area contributed by atoms with Gasteiger partial charge in [0, 0.05) is 17.0 Å². The minimum atomic E-state index is 1.07. The molecule has 0 fully saturated rings. The summed E-state index contributed by atoms with van der Waals surface area (Å²) < 4.78 is 0. The Balaban J connectivity index is 1.99. The van der Waals surface area contributed by atoms with Crippen molar-refractivity contribution < 1.29 is 4.98 Å². The van der Waals surface area contributed by atoms with E-state index < -0.39 is 0 Å². The van der Waals surface area contributed by atoms with Crippen molar-refractivity contribution in [2.45, 2.75) is 13.3 Å². The average Bonchev–Trinajstić information content (AvgIpc) is 2.61. The number of H-pyrrole nitrogens is 1. The van der Waals surface area contributed by atoms with Crippen molar-refractivity contribution in [2.24, 2.45) is 0 Å². The maximum atomic E-state index is 3.43. The molecule has 1 aromatic heterocycles. The van der Waals surface area contributed by atoms with Crippen LogP contribution in [0.4, 0.5) is 0 Å². The summed E-state index contributed by atoms with van der Waals surface area (Å²) in [6.45, 7) is 2.19. The second-order valence-corrected chi connectivity index (χ2v) is 5.65. The highest BCUT2D eigenvalue weighted by molar-refractivity contribution is 6.10. The normalized spacial score (nSPS) is 11.1. The van der Waals surface area contributed by atoms with E-state index in [0.29, 0.717) is 0 Å². The molecule has 4 rings (SSSR count). The molecule has 1 heteroatoms. The Morgan fingerprint density at radius 2 is 1.55 bits per heavy atom. The fraction of sp³-hybridized carbons (Fsp3) is 0.0952. The van der Waals surface area contributed by atoms with E-state index in [1.165, 1.54) is 38.4 Å². The molecule has 1 N–H and O–H groups in total. The van der Waals surface area contributed by atoms with Gasteiger partial charge in [-0.25, -0.2) is 4.98 Å². The Hall–Kier alpha value is -2.67. The van der Waals surface area contributed by atoms with Crippen LogP contribution in [0.15, 0.2) is 72.9 Å². The number of pyridine rings is 1. The van der Waals surface area contributed by atoms with Gasteiger partial charge in [-0.3, -0.25) is 0 Å². The fourth-order valence-electron chi connectivity index (χ4n) is 3.13. The van der Waals surface area contributed by atoms with E-state index in [2.05, 4.69) is 78.6 Å². The summed E-state index contributed by atoms with van der Waals surface area (Å²) in [6, 6.07) is 24.0. The van der Waals surface area contributed by atoms with E-state index >= 15 is 0 Å². The predicted octanol–water partition coefficient (Wildman–Crippen LogP) is 5.04. The van der Waals surface area contributed by atoms with Crippen LogP contribution in [0.1, 0.15) is 12.5 Å². The Kier molecular flexibility index (Phi) is 3.12. The third-order valence-electron chi connectivity index (χ3n) is 4.37. The molecule has 0 aliphatic rings. The maximum absolute atomic E-state index is 3.43. The summed E-state index contributed by atoms with van der Waals surface area (Å²) in [4.78, 5) is 3.43. The van der Waals surface area contributed by atoms with Crippen LogP contribution in [-0.4, -0.2) is 0 Å². The smallest absolute Gasteiger partial charge is 0.211 e. The van der Waals surface area contributed by atoms with Gasteiger partial charge >= 0.3 is 0 Å². The fourth-order valence-corrected chi connectivity index (χ4v) is 3.13. The number of rotatable bonds is 2. The van der Waals surface area contributed by atoms with Gasteiger partial charge < -0.3 is 0 Å². The molecule has 0 bridgehead atoms. The lowest BCUT2D eigenvalue weighted by atomic mass is 9.98. The average molecular weight is 284 g/mol. The topological polar surface area (TPSA) is 14.1 Å². The van der Waals surface area contributed by atoms with Crippen LogP contribution in [0, 0.1) is 0 Å². The quantitative estimate of drug-likeness (QED) is 0.458. The van der Waals surface area contributed by atoms with E-state index in [9.17, 15) is 0 Å². The van der Waals surface area contributed by atoms with Crippen molar-refractivity contribution in [1.82, 2.24) is 0 Å². The summed E-state index contributed by atoms with van der Waals surface area (Å²) >= 11 is 0. The Labute approximate surface area is 130 Å². The van der Waals surface area contributed by atoms with Crippen LogP contribution in [-0.2, 0) is 6.42 Å². The molecule has 0 amide bonds. The Bertz CT molecular complexity index is 952. The third-order valence-corrected chi connectivity index (χ3v) is 4.37. The van der Waals surface area contributed by atoms with Crippen molar-refractivity contribution in [1.29, 1.82) is 0 Å². The lowest BCUT2D eigenvalue weighted by Gasteiger charge is -2.05. The van der Waals surface area contributed by atoms with E-state index in [0.717, 1.165) is 6.42 Å². The lowest BCUT2D eigenvalue weighted by molar-refractivity contribution is -0.362. The molecule has 0 radical (unpaired) electrons. The first kappa shape index (κ1) is 13.0. The van der Waals surface area contributed by atoms with Crippen molar-refractivity contribution in [3.8, 4) is 11.3 Å². The van der Waals surface area contributed by atoms with Crippen molar-refractivity contribution in [3.05, 3.63) is 78.5 Å². The zero-order valence-electron chi connectivity index (χ0n) is 12.6. The highest BCUT2D eigenvalue weighted by Gasteiger charge is 2.12. The standard InChI is InChI=1S/C21H17N/c1-2-15-7-9-17(10-8-15)21-20-12-11-16-5-3-4-6-18(16)19(20)13-14-22-21/h3-14H,2H2,1H3/p+1. The molecule has 1 heterocycles. The summed E-state index contributed by atoms with van der Waals surface area (Å²) in [6.07, 6.45) is 3.11. The van der Waals surface area contributed by atoms with Crippen LogP contribution in [0.2, 0.25) is 0 Å². The zero-order chi connectivity index (χ0) is 14.9.